The molecule has 0 N–H and O–H groups in total. The second-order valence-corrected chi connectivity index (χ2v) is 7.20. The van der Waals surface area contributed by atoms with Gasteiger partial charge in [0, 0.05) is 45.5 Å². The maximum atomic E-state index is 14.2. The molecular weight excluding hydrogens is 391 g/mol. The molecule has 7 heteroatoms. The molecular formula is C22H18ClFN4O. The number of nitrogens with zero attached hydrogens (tertiary/aromatic N) is 4. The lowest BCUT2D eigenvalue weighted by Gasteiger charge is -2.12. The molecule has 3 heterocycles. The molecule has 5 nitrogen and oxygen atoms in total. The molecule has 0 saturated carbocycles. The summed E-state index contributed by atoms with van der Waals surface area (Å²) < 4.78 is 15.8. The summed E-state index contributed by atoms with van der Waals surface area (Å²) in [5, 5.41) is 1.11. The summed E-state index contributed by atoms with van der Waals surface area (Å²) in [4.78, 5) is 25.6. The van der Waals surface area contributed by atoms with E-state index < -0.39 is 5.95 Å². The average molecular weight is 409 g/mol. The maximum Gasteiger partial charge on any atom is 0.260 e. The number of hydrogen-bond donors (Lipinski definition) is 0. The van der Waals surface area contributed by atoms with Gasteiger partial charge in [0.05, 0.1) is 0 Å². The summed E-state index contributed by atoms with van der Waals surface area (Å²) in [6.45, 7) is 5.87. The van der Waals surface area contributed by atoms with Crippen LogP contribution in [0.4, 0.5) is 4.39 Å². The highest BCUT2D eigenvalue weighted by atomic mass is 35.5. The minimum absolute atomic E-state index is 0.184. The molecule has 4 rings (SSSR count). The van der Waals surface area contributed by atoms with Gasteiger partial charge in [-0.05, 0) is 50.6 Å². The smallest absolute Gasteiger partial charge is 0.260 e. The van der Waals surface area contributed by atoms with Crippen LogP contribution in [-0.2, 0) is 6.54 Å². The van der Waals surface area contributed by atoms with Gasteiger partial charge in [0.2, 0.25) is 5.95 Å². The van der Waals surface area contributed by atoms with Crippen LogP contribution in [0, 0.1) is 19.8 Å². The monoisotopic (exact) mass is 408 g/mol. The van der Waals surface area contributed by atoms with Crippen molar-refractivity contribution in [3.63, 3.8) is 0 Å². The van der Waals surface area contributed by atoms with E-state index in [0.717, 1.165) is 5.39 Å². The number of aromatic nitrogens is 4. The Labute approximate surface area is 171 Å². The minimum atomic E-state index is -0.555. The van der Waals surface area contributed by atoms with Gasteiger partial charge in [-0.25, -0.2) is 15.0 Å². The zero-order chi connectivity index (χ0) is 20.7. The van der Waals surface area contributed by atoms with Crippen LogP contribution in [0.3, 0.4) is 0 Å². The van der Waals surface area contributed by atoms with Crippen LogP contribution in [0.5, 0.6) is 0 Å². The number of benzene rings is 1. The molecule has 0 bridgehead atoms. The van der Waals surface area contributed by atoms with Crippen LogP contribution >= 0.6 is 11.6 Å². The van der Waals surface area contributed by atoms with E-state index >= 15 is 0 Å². The largest absolute Gasteiger partial charge is 0.292 e. The molecule has 0 unspecified atom stereocenters. The molecule has 0 aliphatic rings. The van der Waals surface area contributed by atoms with Crippen LogP contribution in [0.15, 0.2) is 47.4 Å². The van der Waals surface area contributed by atoms with Crippen molar-refractivity contribution in [2.24, 2.45) is 0 Å². The first kappa shape index (κ1) is 19.2. The van der Waals surface area contributed by atoms with E-state index in [0.29, 0.717) is 51.0 Å². The highest BCUT2D eigenvalue weighted by molar-refractivity contribution is 6.33. The molecule has 3 aromatic heterocycles. The maximum absolute atomic E-state index is 14.2. The molecule has 1 aromatic carbocycles. The van der Waals surface area contributed by atoms with E-state index in [1.54, 1.807) is 61.0 Å². The number of aryl methyl sites for hydroxylation is 3. The highest BCUT2D eigenvalue weighted by Crippen LogP contribution is 2.32. The van der Waals surface area contributed by atoms with Crippen molar-refractivity contribution < 1.29 is 4.39 Å². The van der Waals surface area contributed by atoms with Crippen LogP contribution < -0.4 is 5.56 Å². The third-order valence-corrected chi connectivity index (χ3v) is 5.13. The zero-order valence-corrected chi connectivity index (χ0v) is 17.0. The van der Waals surface area contributed by atoms with E-state index in [1.807, 2.05) is 6.92 Å². The van der Waals surface area contributed by atoms with Crippen LogP contribution in [0.1, 0.15) is 18.4 Å². The Morgan fingerprint density at radius 1 is 1.03 bits per heavy atom. The lowest BCUT2D eigenvalue weighted by molar-refractivity contribution is 0.584. The molecule has 0 fully saturated rings. The standard InChI is InChI=1S/C22H18ClFN4O/c1-4-28-21-15(11-25-13(3)27-21)9-18(22(28)29)17-8-6-14(10-19(17)23)16-7-5-12(2)26-20(16)24/h5-11H,4H2,1-3H3. The van der Waals surface area contributed by atoms with E-state index in [4.69, 9.17) is 11.6 Å². The van der Waals surface area contributed by atoms with E-state index in [1.165, 1.54) is 0 Å². The number of halogens is 2. The SMILES string of the molecule is CCn1c(=O)c(-c2ccc(-c3ccc(C)nc3F)cc2Cl)cc2cnc(C)nc21. The fraction of sp³-hybridized carbons (Fsp3) is 0.182. The Bertz CT molecular complexity index is 1320. The Kier molecular flexibility index (Phi) is 4.88. The Morgan fingerprint density at radius 3 is 2.48 bits per heavy atom. The van der Waals surface area contributed by atoms with Crippen molar-refractivity contribution in [3.05, 3.63) is 75.4 Å². The van der Waals surface area contributed by atoms with Crippen LogP contribution in [0.25, 0.3) is 33.3 Å². The van der Waals surface area contributed by atoms with Gasteiger partial charge in [-0.3, -0.25) is 9.36 Å². The van der Waals surface area contributed by atoms with Gasteiger partial charge in [0.1, 0.15) is 11.5 Å². The van der Waals surface area contributed by atoms with E-state index in [-0.39, 0.29) is 5.56 Å². The summed E-state index contributed by atoms with van der Waals surface area (Å²) in [5.41, 5.74) is 2.99. The highest BCUT2D eigenvalue weighted by Gasteiger charge is 2.16. The van der Waals surface area contributed by atoms with E-state index in [9.17, 15) is 9.18 Å². The van der Waals surface area contributed by atoms with Gasteiger partial charge >= 0.3 is 0 Å². The van der Waals surface area contributed by atoms with Gasteiger partial charge < -0.3 is 0 Å². The lowest BCUT2D eigenvalue weighted by atomic mass is 10.0. The average Bonchev–Trinajstić information content (AvgIpc) is 2.68. The summed E-state index contributed by atoms with van der Waals surface area (Å²) in [6, 6.07) is 10.3. The second-order valence-electron chi connectivity index (χ2n) is 6.79. The van der Waals surface area contributed by atoms with Crippen LogP contribution in [0.2, 0.25) is 5.02 Å². The summed E-state index contributed by atoms with van der Waals surface area (Å²) in [6.07, 6.45) is 1.70. The van der Waals surface area contributed by atoms with E-state index in [2.05, 4.69) is 15.0 Å². The van der Waals surface area contributed by atoms with Crippen molar-refractivity contribution in [2.45, 2.75) is 27.3 Å². The van der Waals surface area contributed by atoms with Crippen molar-refractivity contribution in [2.75, 3.05) is 0 Å². The fourth-order valence-electron chi connectivity index (χ4n) is 3.37. The first-order valence-electron chi connectivity index (χ1n) is 9.19. The minimum Gasteiger partial charge on any atom is -0.292 e. The van der Waals surface area contributed by atoms with Gasteiger partial charge in [-0.15, -0.1) is 0 Å². The molecule has 0 radical (unpaired) electrons. The van der Waals surface area contributed by atoms with Gasteiger partial charge in [-0.2, -0.15) is 4.39 Å². The first-order chi connectivity index (χ1) is 13.9. The Balaban J connectivity index is 1.89. The Hall–Kier alpha value is -3.12. The van der Waals surface area contributed by atoms with Crippen LogP contribution in [-0.4, -0.2) is 19.5 Å². The molecule has 0 aliphatic heterocycles. The number of rotatable bonds is 3. The molecule has 0 saturated heterocycles. The summed E-state index contributed by atoms with van der Waals surface area (Å²) >= 11 is 6.52. The number of hydrogen-bond acceptors (Lipinski definition) is 4. The van der Waals surface area contributed by atoms with Crippen molar-refractivity contribution in [1.82, 2.24) is 19.5 Å². The second kappa shape index (κ2) is 7.37. The predicted molar refractivity (Wildman–Crippen MR) is 113 cm³/mol. The topological polar surface area (TPSA) is 60.7 Å². The zero-order valence-electron chi connectivity index (χ0n) is 16.2. The van der Waals surface area contributed by atoms with Crippen molar-refractivity contribution in [1.29, 1.82) is 0 Å². The Morgan fingerprint density at radius 2 is 1.79 bits per heavy atom. The normalized spacial score (nSPS) is 11.2. The van der Waals surface area contributed by atoms with Gasteiger partial charge in [0.25, 0.3) is 5.56 Å². The molecule has 0 amide bonds. The molecule has 0 aliphatic carbocycles. The molecule has 29 heavy (non-hydrogen) atoms. The lowest BCUT2D eigenvalue weighted by Crippen LogP contribution is -2.22. The third-order valence-electron chi connectivity index (χ3n) is 4.82. The summed E-state index contributed by atoms with van der Waals surface area (Å²) in [7, 11) is 0. The van der Waals surface area contributed by atoms with Gasteiger partial charge in [-0.1, -0.05) is 23.7 Å². The number of pyridine rings is 2. The quantitative estimate of drug-likeness (QED) is 0.450. The third kappa shape index (κ3) is 3.40. The van der Waals surface area contributed by atoms with Crippen molar-refractivity contribution >= 4 is 22.6 Å². The molecule has 4 aromatic rings. The molecule has 0 spiro atoms. The van der Waals surface area contributed by atoms with Crippen molar-refractivity contribution in [3.8, 4) is 22.3 Å². The molecule has 146 valence electrons. The summed E-state index contributed by atoms with van der Waals surface area (Å²) in [5.74, 6) is 0.0448. The predicted octanol–water partition coefficient (Wildman–Crippen LogP) is 4.95. The first-order valence-corrected chi connectivity index (χ1v) is 9.57. The number of fused-ring (bicyclic) bond motifs is 1. The molecule has 0 atom stereocenters. The van der Waals surface area contributed by atoms with Gasteiger partial charge in [0.15, 0.2) is 0 Å². The fourth-order valence-corrected chi connectivity index (χ4v) is 3.65.